The molecule has 1 unspecified atom stereocenters. The SMILES string of the molecule is NNC(CSc1ccc(Br)cc1)Cc1cccc(F)c1F. The third-order valence-electron chi connectivity index (χ3n) is 3.00. The summed E-state index contributed by atoms with van der Waals surface area (Å²) < 4.78 is 27.9. The summed E-state index contributed by atoms with van der Waals surface area (Å²) in [5.74, 6) is 4.54. The second-order valence-corrected chi connectivity index (χ2v) is 6.55. The van der Waals surface area contributed by atoms with Crippen molar-refractivity contribution >= 4 is 27.7 Å². The summed E-state index contributed by atoms with van der Waals surface area (Å²) in [6.45, 7) is 0. The number of benzene rings is 2. The summed E-state index contributed by atoms with van der Waals surface area (Å²) >= 11 is 4.99. The average Bonchev–Trinajstić information content (AvgIpc) is 2.49. The Kier molecular flexibility index (Phi) is 6.17. The number of thioether (sulfide) groups is 1. The minimum Gasteiger partial charge on any atom is -0.271 e. The zero-order valence-electron chi connectivity index (χ0n) is 11.2. The maximum atomic E-state index is 13.7. The number of rotatable bonds is 6. The first-order chi connectivity index (χ1) is 10.1. The zero-order chi connectivity index (χ0) is 15.2. The largest absolute Gasteiger partial charge is 0.271 e. The Bertz CT molecular complexity index is 593. The van der Waals surface area contributed by atoms with Crippen molar-refractivity contribution in [2.24, 2.45) is 5.84 Å². The van der Waals surface area contributed by atoms with Crippen molar-refractivity contribution < 1.29 is 8.78 Å². The highest BCUT2D eigenvalue weighted by molar-refractivity contribution is 9.10. The van der Waals surface area contributed by atoms with E-state index in [0.717, 1.165) is 15.4 Å². The van der Waals surface area contributed by atoms with E-state index in [9.17, 15) is 8.78 Å². The van der Waals surface area contributed by atoms with Gasteiger partial charge in [-0.05, 0) is 42.3 Å². The van der Waals surface area contributed by atoms with Crippen molar-refractivity contribution in [3.05, 3.63) is 64.1 Å². The zero-order valence-corrected chi connectivity index (χ0v) is 13.6. The first-order valence-corrected chi connectivity index (χ1v) is 8.15. The lowest BCUT2D eigenvalue weighted by Gasteiger charge is -2.16. The Hall–Kier alpha value is -0.950. The lowest BCUT2D eigenvalue weighted by molar-refractivity contribution is 0.486. The van der Waals surface area contributed by atoms with E-state index in [1.54, 1.807) is 17.8 Å². The third-order valence-corrected chi connectivity index (χ3v) is 4.70. The van der Waals surface area contributed by atoms with Gasteiger partial charge in [0.15, 0.2) is 11.6 Å². The van der Waals surface area contributed by atoms with Crippen LogP contribution in [0.5, 0.6) is 0 Å². The highest BCUT2D eigenvalue weighted by Gasteiger charge is 2.14. The molecule has 0 aliphatic heterocycles. The predicted octanol–water partition coefficient (Wildman–Crippen LogP) is 3.89. The summed E-state index contributed by atoms with van der Waals surface area (Å²) in [6.07, 6.45) is 0.337. The first kappa shape index (κ1) is 16.4. The van der Waals surface area contributed by atoms with Crippen LogP contribution in [-0.4, -0.2) is 11.8 Å². The van der Waals surface area contributed by atoms with Crippen LogP contribution in [0.3, 0.4) is 0 Å². The monoisotopic (exact) mass is 372 g/mol. The van der Waals surface area contributed by atoms with Crippen LogP contribution in [0.25, 0.3) is 0 Å². The van der Waals surface area contributed by atoms with Gasteiger partial charge in [-0.25, -0.2) is 8.78 Å². The summed E-state index contributed by atoms with van der Waals surface area (Å²) in [5, 5.41) is 0. The van der Waals surface area contributed by atoms with E-state index in [1.807, 2.05) is 24.3 Å². The van der Waals surface area contributed by atoms with Gasteiger partial charge in [0.05, 0.1) is 0 Å². The first-order valence-electron chi connectivity index (χ1n) is 6.37. The molecular weight excluding hydrogens is 358 g/mol. The Morgan fingerprint density at radius 1 is 1.14 bits per heavy atom. The number of hydrogen-bond acceptors (Lipinski definition) is 3. The van der Waals surface area contributed by atoms with E-state index in [4.69, 9.17) is 5.84 Å². The van der Waals surface area contributed by atoms with Crippen LogP contribution in [0.2, 0.25) is 0 Å². The summed E-state index contributed by atoms with van der Waals surface area (Å²) in [6, 6.07) is 11.9. The smallest absolute Gasteiger partial charge is 0.162 e. The van der Waals surface area contributed by atoms with Crippen molar-refractivity contribution in [3.8, 4) is 0 Å². The van der Waals surface area contributed by atoms with Gasteiger partial charge in [0.1, 0.15) is 0 Å². The van der Waals surface area contributed by atoms with Crippen LogP contribution in [-0.2, 0) is 6.42 Å². The van der Waals surface area contributed by atoms with E-state index in [-0.39, 0.29) is 6.04 Å². The van der Waals surface area contributed by atoms with E-state index in [0.29, 0.717) is 17.7 Å². The van der Waals surface area contributed by atoms with Crippen LogP contribution in [0.15, 0.2) is 51.8 Å². The van der Waals surface area contributed by atoms with E-state index >= 15 is 0 Å². The maximum absolute atomic E-state index is 13.7. The van der Waals surface area contributed by atoms with Gasteiger partial charge >= 0.3 is 0 Å². The molecule has 0 heterocycles. The molecule has 0 fully saturated rings. The Labute approximate surface area is 135 Å². The molecule has 112 valence electrons. The fourth-order valence-corrected chi connectivity index (χ4v) is 3.07. The standard InChI is InChI=1S/C15H15BrF2N2S/c16-11-4-6-13(7-5-11)21-9-12(20-19)8-10-2-1-3-14(17)15(10)18/h1-7,12,20H,8-9,19H2. The highest BCUT2D eigenvalue weighted by Crippen LogP contribution is 2.22. The van der Waals surface area contributed by atoms with Crippen molar-refractivity contribution in [2.75, 3.05) is 5.75 Å². The van der Waals surface area contributed by atoms with E-state index < -0.39 is 11.6 Å². The van der Waals surface area contributed by atoms with Gasteiger partial charge in [-0.15, -0.1) is 11.8 Å². The van der Waals surface area contributed by atoms with Crippen LogP contribution in [0.1, 0.15) is 5.56 Å². The summed E-state index contributed by atoms with van der Waals surface area (Å²) in [7, 11) is 0. The third kappa shape index (κ3) is 4.78. The number of halogens is 3. The minimum absolute atomic E-state index is 0.144. The number of hydrazine groups is 1. The molecule has 0 bridgehead atoms. The van der Waals surface area contributed by atoms with Crippen LogP contribution < -0.4 is 11.3 Å². The molecule has 21 heavy (non-hydrogen) atoms. The normalized spacial score (nSPS) is 12.4. The molecule has 1 atom stereocenters. The maximum Gasteiger partial charge on any atom is 0.162 e. The van der Waals surface area contributed by atoms with Gasteiger partial charge in [-0.3, -0.25) is 11.3 Å². The minimum atomic E-state index is -0.830. The Balaban J connectivity index is 1.97. The van der Waals surface area contributed by atoms with E-state index in [2.05, 4.69) is 21.4 Å². The molecule has 6 heteroatoms. The number of hydrogen-bond donors (Lipinski definition) is 2. The van der Waals surface area contributed by atoms with Crippen molar-refractivity contribution in [2.45, 2.75) is 17.4 Å². The van der Waals surface area contributed by atoms with Crippen molar-refractivity contribution in [1.82, 2.24) is 5.43 Å². The molecule has 0 amide bonds. The van der Waals surface area contributed by atoms with Gasteiger partial charge in [-0.1, -0.05) is 28.1 Å². The summed E-state index contributed by atoms with van der Waals surface area (Å²) in [4.78, 5) is 1.10. The molecule has 2 aromatic rings. The Morgan fingerprint density at radius 3 is 2.52 bits per heavy atom. The molecule has 2 aromatic carbocycles. The molecule has 2 nitrogen and oxygen atoms in total. The topological polar surface area (TPSA) is 38.0 Å². The van der Waals surface area contributed by atoms with Crippen LogP contribution in [0.4, 0.5) is 8.78 Å². The second-order valence-electron chi connectivity index (χ2n) is 4.55. The van der Waals surface area contributed by atoms with Gasteiger partial charge in [0.2, 0.25) is 0 Å². The molecule has 0 aromatic heterocycles. The fourth-order valence-electron chi connectivity index (χ4n) is 1.87. The van der Waals surface area contributed by atoms with Gasteiger partial charge in [0.25, 0.3) is 0 Å². The molecule has 3 N–H and O–H groups in total. The number of nitrogens with two attached hydrogens (primary N) is 1. The average molecular weight is 373 g/mol. The molecule has 0 aliphatic carbocycles. The number of nitrogens with one attached hydrogen (secondary N) is 1. The molecular formula is C15H15BrF2N2S. The second kappa shape index (κ2) is 7.89. The fraction of sp³-hybridized carbons (Fsp3) is 0.200. The lowest BCUT2D eigenvalue weighted by Crippen LogP contribution is -2.38. The van der Waals surface area contributed by atoms with Gasteiger partial charge in [-0.2, -0.15) is 0 Å². The molecule has 0 aliphatic rings. The van der Waals surface area contributed by atoms with Crippen LogP contribution >= 0.6 is 27.7 Å². The molecule has 0 saturated carbocycles. The van der Waals surface area contributed by atoms with Crippen LogP contribution in [0, 0.1) is 11.6 Å². The highest BCUT2D eigenvalue weighted by atomic mass is 79.9. The molecule has 0 radical (unpaired) electrons. The Morgan fingerprint density at radius 2 is 1.86 bits per heavy atom. The van der Waals surface area contributed by atoms with E-state index in [1.165, 1.54) is 6.07 Å². The van der Waals surface area contributed by atoms with Gasteiger partial charge in [0, 0.05) is 21.2 Å². The molecule has 2 rings (SSSR count). The molecule has 0 spiro atoms. The summed E-state index contributed by atoms with van der Waals surface area (Å²) in [5.41, 5.74) is 2.99. The lowest BCUT2D eigenvalue weighted by atomic mass is 10.1. The quantitative estimate of drug-likeness (QED) is 0.458. The molecule has 0 saturated heterocycles. The van der Waals surface area contributed by atoms with Gasteiger partial charge < -0.3 is 0 Å². The van der Waals surface area contributed by atoms with Crippen molar-refractivity contribution in [1.29, 1.82) is 0 Å². The predicted molar refractivity (Wildman–Crippen MR) is 86.0 cm³/mol. The van der Waals surface area contributed by atoms with Crippen molar-refractivity contribution in [3.63, 3.8) is 0 Å².